The molecule has 0 saturated carbocycles. The number of hydrogen-bond donors (Lipinski definition) is 1. The van der Waals surface area contributed by atoms with E-state index in [1.54, 1.807) is 13.3 Å². The van der Waals surface area contributed by atoms with Gasteiger partial charge in [-0.05, 0) is 48.5 Å². The molecule has 0 spiro atoms. The fraction of sp³-hybridized carbons (Fsp3) is 0.167. The lowest BCUT2D eigenvalue weighted by Crippen LogP contribution is -1.98. The Kier molecular flexibility index (Phi) is 5.25. The van der Waals surface area contributed by atoms with Crippen molar-refractivity contribution >= 4 is 18.4 Å². The summed E-state index contributed by atoms with van der Waals surface area (Å²) >= 11 is 5.05. The van der Waals surface area contributed by atoms with Gasteiger partial charge in [-0.3, -0.25) is 5.10 Å². The molecule has 0 amide bonds. The van der Waals surface area contributed by atoms with Gasteiger partial charge in [0.15, 0.2) is 11.5 Å². The van der Waals surface area contributed by atoms with Gasteiger partial charge >= 0.3 is 0 Å². The van der Waals surface area contributed by atoms with Crippen molar-refractivity contribution in [3.05, 3.63) is 70.3 Å². The van der Waals surface area contributed by atoms with E-state index < -0.39 is 0 Å². The van der Waals surface area contributed by atoms with Crippen LogP contribution in [-0.2, 0) is 6.61 Å². The fourth-order valence-electron chi connectivity index (χ4n) is 2.18. The molecule has 0 atom stereocenters. The Morgan fingerprint density at radius 1 is 1.20 bits per heavy atom. The number of nitrogens with zero attached hydrogens (tertiary/aromatic N) is 3. The third-order valence-electron chi connectivity index (χ3n) is 3.57. The molecule has 1 N–H and O–H groups in total. The molecule has 1 aromatic heterocycles. The Balaban J connectivity index is 1.73. The van der Waals surface area contributed by atoms with Crippen LogP contribution in [-0.4, -0.2) is 28.2 Å². The van der Waals surface area contributed by atoms with Crippen LogP contribution in [0.15, 0.2) is 53.9 Å². The summed E-state index contributed by atoms with van der Waals surface area (Å²) in [6.07, 6.45) is 3.19. The Hall–Kier alpha value is -2.93. The Labute approximate surface area is 150 Å². The number of benzene rings is 2. The van der Waals surface area contributed by atoms with Crippen LogP contribution in [0, 0.1) is 11.7 Å². The lowest BCUT2D eigenvalue weighted by molar-refractivity contribution is 0.284. The van der Waals surface area contributed by atoms with Crippen molar-refractivity contribution in [3.63, 3.8) is 0 Å². The van der Waals surface area contributed by atoms with Crippen molar-refractivity contribution in [2.24, 2.45) is 5.10 Å². The number of nitrogens with one attached hydrogen (secondary N) is 1. The predicted octanol–water partition coefficient (Wildman–Crippen LogP) is 3.72. The topological polar surface area (TPSA) is 64.4 Å². The zero-order chi connectivity index (χ0) is 17.6. The van der Waals surface area contributed by atoms with E-state index in [4.69, 9.17) is 21.7 Å². The highest BCUT2D eigenvalue weighted by atomic mass is 32.1. The summed E-state index contributed by atoms with van der Waals surface area (Å²) in [5.41, 5.74) is 3.19. The molecule has 3 rings (SSSR count). The molecule has 7 heteroatoms. The third kappa shape index (κ3) is 4.33. The van der Waals surface area contributed by atoms with E-state index in [0.717, 1.165) is 11.1 Å². The zero-order valence-electron chi connectivity index (χ0n) is 14.0. The summed E-state index contributed by atoms with van der Waals surface area (Å²) in [6, 6.07) is 13.9. The highest BCUT2D eigenvalue weighted by molar-refractivity contribution is 7.71. The molecule has 25 heavy (non-hydrogen) atoms. The van der Waals surface area contributed by atoms with Crippen molar-refractivity contribution in [2.75, 3.05) is 7.11 Å². The second-order valence-corrected chi connectivity index (χ2v) is 5.82. The summed E-state index contributed by atoms with van der Waals surface area (Å²) in [4.78, 5) is 0. The number of methoxy groups -OCH3 is 1. The van der Waals surface area contributed by atoms with Gasteiger partial charge in [-0.25, -0.2) is 0 Å². The molecule has 6 nitrogen and oxygen atoms in total. The summed E-state index contributed by atoms with van der Waals surface area (Å²) in [5.74, 6) is 1.33. The van der Waals surface area contributed by atoms with E-state index in [1.165, 1.54) is 16.6 Å². The monoisotopic (exact) mass is 354 g/mol. The molecule has 0 saturated heterocycles. The molecular weight excluding hydrogens is 336 g/mol. The first kappa shape index (κ1) is 16.9. The molecule has 1 heterocycles. The molecule has 0 fully saturated rings. The first-order valence-corrected chi connectivity index (χ1v) is 8.09. The number of ether oxygens (including phenoxy) is 2. The van der Waals surface area contributed by atoms with Gasteiger partial charge in [0.25, 0.3) is 0 Å². The maximum atomic E-state index is 5.87. The molecule has 0 unspecified atom stereocenters. The average Bonchev–Trinajstić information content (AvgIpc) is 3.04. The minimum atomic E-state index is 0.432. The zero-order valence-corrected chi connectivity index (χ0v) is 14.8. The number of aromatic amines is 1. The van der Waals surface area contributed by atoms with Crippen molar-refractivity contribution in [2.45, 2.75) is 13.5 Å². The largest absolute Gasteiger partial charge is 0.493 e. The number of rotatable bonds is 6. The molecule has 0 aliphatic heterocycles. The van der Waals surface area contributed by atoms with Crippen LogP contribution >= 0.6 is 12.2 Å². The van der Waals surface area contributed by atoms with Gasteiger partial charge in [0.1, 0.15) is 12.9 Å². The first-order valence-electron chi connectivity index (χ1n) is 7.68. The van der Waals surface area contributed by atoms with Crippen LogP contribution in [0.5, 0.6) is 11.5 Å². The van der Waals surface area contributed by atoms with E-state index in [2.05, 4.69) is 46.5 Å². The quantitative estimate of drug-likeness (QED) is 0.541. The summed E-state index contributed by atoms with van der Waals surface area (Å²) < 4.78 is 13.2. The molecule has 2 aromatic carbocycles. The minimum absolute atomic E-state index is 0.432. The second kappa shape index (κ2) is 7.76. The fourth-order valence-corrected chi connectivity index (χ4v) is 2.33. The summed E-state index contributed by atoms with van der Waals surface area (Å²) in [5, 5.41) is 10.7. The Bertz CT molecular complexity index is 929. The van der Waals surface area contributed by atoms with Crippen molar-refractivity contribution in [1.82, 2.24) is 14.9 Å². The molecule has 0 aliphatic rings. The lowest BCUT2D eigenvalue weighted by atomic mass is 10.2. The van der Waals surface area contributed by atoms with E-state index >= 15 is 0 Å². The van der Waals surface area contributed by atoms with Gasteiger partial charge in [0, 0.05) is 0 Å². The molecule has 128 valence electrons. The van der Waals surface area contributed by atoms with Gasteiger partial charge in [-0.1, -0.05) is 29.8 Å². The van der Waals surface area contributed by atoms with Gasteiger partial charge < -0.3 is 9.47 Å². The maximum Gasteiger partial charge on any atom is 0.216 e. The van der Waals surface area contributed by atoms with Gasteiger partial charge in [-0.15, -0.1) is 0 Å². The van der Waals surface area contributed by atoms with Crippen LogP contribution in [0.2, 0.25) is 0 Å². The second-order valence-electron chi connectivity index (χ2n) is 5.44. The van der Waals surface area contributed by atoms with Crippen molar-refractivity contribution in [3.8, 4) is 11.5 Å². The van der Waals surface area contributed by atoms with Crippen molar-refractivity contribution < 1.29 is 9.47 Å². The minimum Gasteiger partial charge on any atom is -0.493 e. The smallest absolute Gasteiger partial charge is 0.216 e. The highest BCUT2D eigenvalue weighted by Gasteiger charge is 2.06. The summed E-state index contributed by atoms with van der Waals surface area (Å²) in [7, 11) is 1.61. The van der Waals surface area contributed by atoms with Gasteiger partial charge in [-0.2, -0.15) is 14.9 Å². The first-order chi connectivity index (χ1) is 12.2. The standard InChI is InChI=1S/C18H18N4O2S/c1-13-3-5-14(6-4-13)11-24-16-8-7-15(9-17(16)23-2)10-20-22-12-19-21-18(22)25/h3-10,12H,11H2,1-2H3,(H,21,25)/b20-10-. The van der Waals surface area contributed by atoms with E-state index in [9.17, 15) is 0 Å². The van der Waals surface area contributed by atoms with Crippen molar-refractivity contribution in [1.29, 1.82) is 0 Å². The third-order valence-corrected chi connectivity index (χ3v) is 3.85. The highest BCUT2D eigenvalue weighted by Crippen LogP contribution is 2.28. The van der Waals surface area contributed by atoms with E-state index in [0.29, 0.717) is 22.9 Å². The number of aromatic nitrogens is 3. The number of hydrogen-bond acceptors (Lipinski definition) is 5. The molecular formula is C18H18N4O2S. The number of aryl methyl sites for hydroxylation is 1. The Morgan fingerprint density at radius 2 is 2.00 bits per heavy atom. The lowest BCUT2D eigenvalue weighted by Gasteiger charge is -2.11. The Morgan fingerprint density at radius 3 is 2.68 bits per heavy atom. The van der Waals surface area contributed by atoms with Crippen LogP contribution in [0.1, 0.15) is 16.7 Å². The van der Waals surface area contributed by atoms with Gasteiger partial charge in [0.05, 0.1) is 13.3 Å². The van der Waals surface area contributed by atoms with Crippen LogP contribution in [0.3, 0.4) is 0 Å². The average molecular weight is 354 g/mol. The maximum absolute atomic E-state index is 5.87. The van der Waals surface area contributed by atoms with E-state index in [1.807, 2.05) is 18.2 Å². The summed E-state index contributed by atoms with van der Waals surface area (Å²) in [6.45, 7) is 2.54. The molecule has 0 bridgehead atoms. The molecule has 3 aromatic rings. The molecule has 0 aliphatic carbocycles. The van der Waals surface area contributed by atoms with Crippen LogP contribution in [0.4, 0.5) is 0 Å². The van der Waals surface area contributed by atoms with E-state index in [-0.39, 0.29) is 0 Å². The van der Waals surface area contributed by atoms with Crippen LogP contribution in [0.25, 0.3) is 0 Å². The van der Waals surface area contributed by atoms with Gasteiger partial charge in [0.2, 0.25) is 4.77 Å². The normalized spacial score (nSPS) is 11.0. The van der Waals surface area contributed by atoms with Crippen LogP contribution < -0.4 is 9.47 Å². The molecule has 0 radical (unpaired) electrons. The predicted molar refractivity (Wildman–Crippen MR) is 98.9 cm³/mol. The SMILES string of the molecule is COc1cc(/C=N\n2cn[nH]c2=S)ccc1OCc1ccc(C)cc1. The number of H-pyrrole nitrogens is 1.